The van der Waals surface area contributed by atoms with Gasteiger partial charge in [-0.05, 0) is 0 Å². The van der Waals surface area contributed by atoms with E-state index in [1.165, 1.54) is 0 Å². The van der Waals surface area contributed by atoms with Crippen LogP contribution < -0.4 is 10.6 Å². The summed E-state index contributed by atoms with van der Waals surface area (Å²) in [6.45, 7) is -3.03. The molecule has 0 radical (unpaired) electrons. The molecule has 0 aliphatic carbocycles. The van der Waals surface area contributed by atoms with E-state index < -0.39 is 148 Å². The van der Waals surface area contributed by atoms with Crippen LogP contribution in [0.15, 0.2) is 0 Å². The molecule has 0 aromatic carbocycles. The van der Waals surface area contributed by atoms with Gasteiger partial charge < -0.3 is 95.6 Å². The number of aliphatic hydroxyl groups excluding tert-OH is 11. The average molecular weight is 691 g/mol. The van der Waals surface area contributed by atoms with Gasteiger partial charge in [0, 0.05) is 13.3 Å². The van der Waals surface area contributed by atoms with Crippen molar-refractivity contribution in [3.63, 3.8) is 0 Å². The first-order chi connectivity index (χ1) is 22.0. The molecule has 22 nitrogen and oxygen atoms in total. The highest BCUT2D eigenvalue weighted by Crippen LogP contribution is 2.38. The Morgan fingerprint density at radius 3 is 2.04 bits per heavy atom. The minimum Gasteiger partial charge on any atom is -0.477 e. The normalized spacial score (nSPS) is 42.3. The van der Waals surface area contributed by atoms with E-state index >= 15 is 0 Å². The molecular weight excluding hydrogens is 648 g/mol. The third-order valence-electron chi connectivity index (χ3n) is 7.97. The first-order valence-electron chi connectivity index (χ1n) is 14.4. The average Bonchev–Trinajstić information content (AvgIpc) is 3.03. The lowest BCUT2D eigenvalue weighted by Gasteiger charge is -2.50. The summed E-state index contributed by atoms with van der Waals surface area (Å²) in [6.07, 6.45) is -26.4. The van der Waals surface area contributed by atoms with Crippen LogP contribution in [0.25, 0.3) is 0 Å². The summed E-state index contributed by atoms with van der Waals surface area (Å²) < 4.78 is 27.3. The van der Waals surface area contributed by atoms with Crippen LogP contribution in [0.1, 0.15) is 13.3 Å². The number of rotatable bonds is 13. The maximum Gasteiger partial charge on any atom is 0.364 e. The molecule has 22 heteroatoms. The Morgan fingerprint density at radius 1 is 0.872 bits per heavy atom. The van der Waals surface area contributed by atoms with Gasteiger partial charge in [0.2, 0.25) is 11.8 Å². The SMILES string of the molecule is CC(=O)N[C@@H]1[C@@H](O)[C@H](O[C@H]2O[C@H](CO)[C@H](O)[C@H](O[C@]3(C(=O)O)C[C@H](O)[C@@H](NC(=O)CO)[C@H]([C@H](O)[C@H](O)CO)O3)[C@H]2O)[C@@H](CO)O[C@H]1O. The molecule has 3 aliphatic rings. The van der Waals surface area contributed by atoms with Gasteiger partial charge in [0.15, 0.2) is 12.6 Å². The monoisotopic (exact) mass is 690 g/mol. The molecule has 3 fully saturated rings. The number of ether oxygens (including phenoxy) is 5. The predicted molar refractivity (Wildman–Crippen MR) is 143 cm³/mol. The summed E-state index contributed by atoms with van der Waals surface area (Å²) in [7, 11) is 0. The number of carbonyl (C=O) groups is 3. The maximum absolute atomic E-state index is 12.6. The van der Waals surface area contributed by atoms with E-state index in [1.54, 1.807) is 0 Å². The van der Waals surface area contributed by atoms with Crippen LogP contribution in [0.5, 0.6) is 0 Å². The lowest BCUT2D eigenvalue weighted by Crippen LogP contribution is -2.71. The van der Waals surface area contributed by atoms with Gasteiger partial charge in [0.25, 0.3) is 5.79 Å². The molecule has 0 aromatic heterocycles. The van der Waals surface area contributed by atoms with Crippen molar-refractivity contribution < 1.29 is 99.3 Å². The van der Waals surface area contributed by atoms with E-state index in [1.807, 2.05) is 0 Å². The molecule has 3 rings (SSSR count). The lowest BCUT2D eigenvalue weighted by molar-refractivity contribution is -0.382. The molecular formula is C25H42N2O20. The molecule has 0 unspecified atom stereocenters. The van der Waals surface area contributed by atoms with E-state index in [0.717, 1.165) is 6.92 Å². The van der Waals surface area contributed by atoms with Gasteiger partial charge in [0.05, 0.1) is 32.0 Å². The van der Waals surface area contributed by atoms with Gasteiger partial charge in [-0.15, -0.1) is 0 Å². The summed E-state index contributed by atoms with van der Waals surface area (Å²) in [4.78, 5) is 36.1. The van der Waals surface area contributed by atoms with Crippen molar-refractivity contribution in [3.05, 3.63) is 0 Å². The Balaban J connectivity index is 1.96. The molecule has 14 N–H and O–H groups in total. The van der Waals surface area contributed by atoms with Crippen molar-refractivity contribution in [2.75, 3.05) is 26.4 Å². The second-order valence-electron chi connectivity index (χ2n) is 11.3. The van der Waals surface area contributed by atoms with Crippen molar-refractivity contribution in [1.29, 1.82) is 0 Å². The van der Waals surface area contributed by atoms with Crippen LogP contribution in [0, 0.1) is 0 Å². The summed E-state index contributed by atoms with van der Waals surface area (Å²) >= 11 is 0. The zero-order valence-corrected chi connectivity index (χ0v) is 24.8. The first-order valence-corrected chi connectivity index (χ1v) is 14.4. The number of carbonyl (C=O) groups excluding carboxylic acids is 2. The molecule has 3 heterocycles. The standard InChI is InChI=1S/C25H42N2O20/c1-7(32)26-14-17(38)19(11(5-30)43-22(14)40)45-23-18(39)21(16(37)10(4-29)44-23)47-25(24(41)42)2-8(33)13(27-12(35)6-31)20(46-25)15(36)9(34)3-28/h8-11,13-23,28-31,33-34,36-40H,2-6H2,1H3,(H,26,32)(H,27,35)(H,41,42)/t8-,9+,10+,11+,13+,14+,15+,16-,17+,18+,19+,20+,21-,22+,23+,25-/m0/s1. The number of carboxylic acids is 1. The van der Waals surface area contributed by atoms with Crippen molar-refractivity contribution in [2.24, 2.45) is 0 Å². The highest BCUT2D eigenvalue weighted by atomic mass is 16.8. The molecule has 16 atom stereocenters. The quantitative estimate of drug-likeness (QED) is 0.0852. The van der Waals surface area contributed by atoms with Crippen LogP contribution in [0.3, 0.4) is 0 Å². The zero-order valence-electron chi connectivity index (χ0n) is 24.8. The van der Waals surface area contributed by atoms with E-state index in [2.05, 4.69) is 10.6 Å². The second kappa shape index (κ2) is 16.4. The largest absolute Gasteiger partial charge is 0.477 e. The van der Waals surface area contributed by atoms with Crippen LogP contribution in [-0.4, -0.2) is 203 Å². The molecule has 0 aromatic rings. The summed E-state index contributed by atoms with van der Waals surface area (Å²) in [5, 5.41) is 127. The third kappa shape index (κ3) is 8.50. The van der Waals surface area contributed by atoms with Crippen molar-refractivity contribution in [3.8, 4) is 0 Å². The zero-order chi connectivity index (χ0) is 35.4. The molecule has 2 amide bonds. The van der Waals surface area contributed by atoms with Crippen molar-refractivity contribution >= 4 is 17.8 Å². The molecule has 3 aliphatic heterocycles. The number of amides is 2. The van der Waals surface area contributed by atoms with Crippen molar-refractivity contribution in [1.82, 2.24) is 10.6 Å². The Labute approximate surface area is 265 Å². The Morgan fingerprint density at radius 2 is 1.51 bits per heavy atom. The fourth-order valence-corrected chi connectivity index (χ4v) is 5.57. The minimum absolute atomic E-state index is 0.703. The smallest absolute Gasteiger partial charge is 0.364 e. The van der Waals surface area contributed by atoms with Crippen LogP contribution in [0.4, 0.5) is 0 Å². The minimum atomic E-state index is -3.10. The number of hydrogen-bond donors (Lipinski definition) is 14. The van der Waals surface area contributed by atoms with Gasteiger partial charge >= 0.3 is 5.97 Å². The van der Waals surface area contributed by atoms with Gasteiger partial charge in [-0.3, -0.25) is 9.59 Å². The van der Waals surface area contributed by atoms with E-state index in [-0.39, 0.29) is 0 Å². The summed E-state index contributed by atoms with van der Waals surface area (Å²) in [5.41, 5.74) is 0. The van der Waals surface area contributed by atoms with Crippen LogP contribution >= 0.6 is 0 Å². The number of aliphatic carboxylic acids is 1. The second-order valence-corrected chi connectivity index (χ2v) is 11.3. The number of aliphatic hydroxyl groups is 11. The van der Waals surface area contributed by atoms with Gasteiger partial charge in [-0.2, -0.15) is 0 Å². The molecule has 47 heavy (non-hydrogen) atoms. The molecule has 0 bridgehead atoms. The van der Waals surface area contributed by atoms with Crippen molar-refractivity contribution in [2.45, 2.75) is 111 Å². The molecule has 0 spiro atoms. The molecule has 3 saturated heterocycles. The summed E-state index contributed by atoms with van der Waals surface area (Å²) in [6, 6.07) is -3.22. The highest BCUT2D eigenvalue weighted by molar-refractivity contribution is 5.78. The van der Waals surface area contributed by atoms with E-state index in [0.29, 0.717) is 0 Å². The highest BCUT2D eigenvalue weighted by Gasteiger charge is 2.60. The number of nitrogens with one attached hydrogen (secondary N) is 2. The maximum atomic E-state index is 12.6. The van der Waals surface area contributed by atoms with Crippen LogP contribution in [-0.2, 0) is 38.1 Å². The van der Waals surface area contributed by atoms with E-state index in [9.17, 15) is 70.6 Å². The molecule has 272 valence electrons. The van der Waals surface area contributed by atoms with E-state index in [4.69, 9.17) is 28.8 Å². The Kier molecular flexibility index (Phi) is 13.7. The first kappa shape index (κ1) is 39.2. The number of hydrogen-bond acceptors (Lipinski definition) is 19. The summed E-state index contributed by atoms with van der Waals surface area (Å²) in [5.74, 6) is -6.93. The Bertz CT molecular complexity index is 1070. The third-order valence-corrected chi connectivity index (χ3v) is 7.97. The van der Waals surface area contributed by atoms with Gasteiger partial charge in [-0.25, -0.2) is 4.79 Å². The topological polar surface area (TPSA) is 364 Å². The fourth-order valence-electron chi connectivity index (χ4n) is 5.57. The van der Waals surface area contributed by atoms with Crippen LogP contribution in [0.2, 0.25) is 0 Å². The molecule has 0 saturated carbocycles. The van der Waals surface area contributed by atoms with Gasteiger partial charge in [0.1, 0.15) is 73.7 Å². The predicted octanol–water partition coefficient (Wildman–Crippen LogP) is -9.11. The fraction of sp³-hybridized carbons (Fsp3) is 0.880. The number of carboxylic acid groups (broad SMARTS) is 1. The Hall–Kier alpha value is -2.23. The van der Waals surface area contributed by atoms with Gasteiger partial charge in [-0.1, -0.05) is 0 Å². The lowest BCUT2D eigenvalue weighted by atomic mass is 9.88.